The lowest BCUT2D eigenvalue weighted by molar-refractivity contribution is 0.263. The molecule has 0 radical (unpaired) electrons. The first-order valence-electron chi connectivity index (χ1n) is 7.51. The number of anilines is 2. The molecule has 1 atom stereocenters. The smallest absolute Gasteiger partial charge is 0.239 e. The second-order valence-electron chi connectivity index (χ2n) is 7.04. The number of rotatable bonds is 5. The second-order valence-corrected chi connectivity index (χ2v) is 7.04. The van der Waals surface area contributed by atoms with Crippen molar-refractivity contribution in [3.05, 3.63) is 12.1 Å². The molecule has 3 N–H and O–H groups in total. The molecule has 112 valence electrons. The van der Waals surface area contributed by atoms with Gasteiger partial charge in [0.15, 0.2) is 0 Å². The largest absolute Gasteiger partial charge is 0.476 e. The molecule has 0 amide bonds. The molecule has 4 heteroatoms. The van der Waals surface area contributed by atoms with Crippen LogP contribution in [0.3, 0.4) is 0 Å². The van der Waals surface area contributed by atoms with Crippen molar-refractivity contribution >= 4 is 11.5 Å². The molecule has 1 aliphatic rings. The van der Waals surface area contributed by atoms with Gasteiger partial charge in [-0.25, -0.2) is 0 Å². The number of aromatic nitrogens is 1. The molecule has 2 rings (SSSR count). The van der Waals surface area contributed by atoms with Crippen molar-refractivity contribution in [2.24, 2.45) is 11.3 Å². The first-order valence-corrected chi connectivity index (χ1v) is 7.51. The lowest BCUT2D eigenvalue weighted by Gasteiger charge is -2.19. The molecular formula is C16H27N3O. The number of nitrogens with zero attached hydrogens (tertiary/aromatic N) is 1. The predicted molar refractivity (Wildman–Crippen MR) is 84.0 cm³/mol. The Kier molecular flexibility index (Phi) is 4.41. The summed E-state index contributed by atoms with van der Waals surface area (Å²) in [7, 11) is 0. The van der Waals surface area contributed by atoms with Gasteiger partial charge in [-0.2, -0.15) is 4.98 Å². The maximum absolute atomic E-state index is 5.91. The summed E-state index contributed by atoms with van der Waals surface area (Å²) in [6.07, 6.45) is 3.64. The predicted octanol–water partition coefficient (Wildman–Crippen LogP) is 3.69. The van der Waals surface area contributed by atoms with Crippen LogP contribution in [0.25, 0.3) is 0 Å². The van der Waals surface area contributed by atoms with Gasteiger partial charge < -0.3 is 15.8 Å². The maximum atomic E-state index is 5.91. The SMILES string of the molecule is CC(C)COc1nc(NC2CCC(C)(C)C2)ccc1N. The minimum atomic E-state index is 0.433. The zero-order valence-electron chi connectivity index (χ0n) is 13.1. The highest BCUT2D eigenvalue weighted by molar-refractivity contribution is 5.53. The first-order chi connectivity index (χ1) is 9.35. The van der Waals surface area contributed by atoms with E-state index in [-0.39, 0.29) is 0 Å². The molecule has 0 spiro atoms. The van der Waals surface area contributed by atoms with E-state index in [1.54, 1.807) is 0 Å². The Morgan fingerprint density at radius 2 is 2.20 bits per heavy atom. The molecule has 1 fully saturated rings. The van der Waals surface area contributed by atoms with Crippen molar-refractivity contribution in [2.45, 2.75) is 53.0 Å². The van der Waals surface area contributed by atoms with Gasteiger partial charge in [0.2, 0.25) is 5.88 Å². The number of nitrogens with two attached hydrogens (primary N) is 1. The summed E-state index contributed by atoms with van der Waals surface area (Å²) in [5.74, 6) is 1.87. The summed E-state index contributed by atoms with van der Waals surface area (Å²) in [4.78, 5) is 4.50. The van der Waals surface area contributed by atoms with Gasteiger partial charge >= 0.3 is 0 Å². The Hall–Kier alpha value is -1.45. The van der Waals surface area contributed by atoms with Crippen molar-refractivity contribution in [2.75, 3.05) is 17.7 Å². The molecule has 1 aromatic heterocycles. The Balaban J connectivity index is 2.00. The summed E-state index contributed by atoms with van der Waals surface area (Å²) in [6, 6.07) is 4.30. The standard InChI is InChI=1S/C16H27N3O/c1-11(2)10-20-15-13(17)5-6-14(19-15)18-12-7-8-16(3,4)9-12/h5-6,11-12H,7-10,17H2,1-4H3,(H,18,19). The lowest BCUT2D eigenvalue weighted by Crippen LogP contribution is -2.18. The van der Waals surface area contributed by atoms with Crippen molar-refractivity contribution in [1.82, 2.24) is 4.98 Å². The zero-order chi connectivity index (χ0) is 14.8. The van der Waals surface area contributed by atoms with Crippen LogP contribution in [0.4, 0.5) is 11.5 Å². The Bertz CT molecular complexity index is 457. The van der Waals surface area contributed by atoms with Crippen molar-refractivity contribution in [3.63, 3.8) is 0 Å². The summed E-state index contributed by atoms with van der Waals surface area (Å²) in [5.41, 5.74) is 6.94. The first kappa shape index (κ1) is 14.9. The average Bonchev–Trinajstić information content (AvgIpc) is 2.69. The summed E-state index contributed by atoms with van der Waals surface area (Å²) in [5, 5.41) is 3.51. The van der Waals surface area contributed by atoms with Gasteiger partial charge in [-0.3, -0.25) is 0 Å². The van der Waals surface area contributed by atoms with E-state index in [0.717, 1.165) is 5.82 Å². The van der Waals surface area contributed by atoms with Crippen molar-refractivity contribution in [3.8, 4) is 5.88 Å². The van der Waals surface area contributed by atoms with Gasteiger partial charge in [-0.15, -0.1) is 0 Å². The third-order valence-electron chi connectivity index (χ3n) is 3.76. The highest BCUT2D eigenvalue weighted by Crippen LogP contribution is 2.38. The van der Waals surface area contributed by atoms with E-state index in [9.17, 15) is 0 Å². The van der Waals surface area contributed by atoms with Crippen LogP contribution in [-0.2, 0) is 0 Å². The number of ether oxygens (including phenoxy) is 1. The highest BCUT2D eigenvalue weighted by Gasteiger charge is 2.30. The molecule has 1 saturated carbocycles. The third-order valence-corrected chi connectivity index (χ3v) is 3.76. The van der Waals surface area contributed by atoms with E-state index >= 15 is 0 Å². The van der Waals surface area contributed by atoms with Crippen LogP contribution in [0.1, 0.15) is 47.0 Å². The van der Waals surface area contributed by atoms with E-state index in [1.165, 1.54) is 19.3 Å². The van der Waals surface area contributed by atoms with Gasteiger partial charge in [0.05, 0.1) is 12.3 Å². The minimum absolute atomic E-state index is 0.433. The van der Waals surface area contributed by atoms with Crippen LogP contribution >= 0.6 is 0 Å². The summed E-state index contributed by atoms with van der Waals surface area (Å²) >= 11 is 0. The van der Waals surface area contributed by atoms with Crippen molar-refractivity contribution in [1.29, 1.82) is 0 Å². The van der Waals surface area contributed by atoms with Gasteiger partial charge in [0.1, 0.15) is 5.82 Å². The fraction of sp³-hybridized carbons (Fsp3) is 0.688. The molecule has 0 aromatic carbocycles. The summed E-state index contributed by atoms with van der Waals surface area (Å²) in [6.45, 7) is 9.50. The highest BCUT2D eigenvalue weighted by atomic mass is 16.5. The number of nitrogen functional groups attached to an aromatic ring is 1. The van der Waals surface area contributed by atoms with E-state index in [1.807, 2.05) is 12.1 Å². The summed E-state index contributed by atoms with van der Waals surface area (Å²) < 4.78 is 5.67. The number of hydrogen-bond donors (Lipinski definition) is 2. The van der Waals surface area contributed by atoms with Gasteiger partial charge in [0, 0.05) is 6.04 Å². The van der Waals surface area contributed by atoms with E-state index in [4.69, 9.17) is 10.5 Å². The average molecular weight is 277 g/mol. The Morgan fingerprint density at radius 1 is 1.45 bits per heavy atom. The van der Waals surface area contributed by atoms with Crippen LogP contribution in [0.2, 0.25) is 0 Å². The molecule has 1 aromatic rings. The molecule has 1 unspecified atom stereocenters. The van der Waals surface area contributed by atoms with E-state index in [2.05, 4.69) is 38.0 Å². The zero-order valence-corrected chi connectivity index (χ0v) is 13.1. The lowest BCUT2D eigenvalue weighted by atomic mass is 9.92. The fourth-order valence-corrected chi connectivity index (χ4v) is 2.66. The van der Waals surface area contributed by atoms with Gasteiger partial charge in [0.25, 0.3) is 0 Å². The Labute approximate surface area is 122 Å². The van der Waals surface area contributed by atoms with Crippen LogP contribution in [0.5, 0.6) is 5.88 Å². The number of nitrogens with one attached hydrogen (secondary N) is 1. The maximum Gasteiger partial charge on any atom is 0.239 e. The van der Waals surface area contributed by atoms with Crippen LogP contribution in [0.15, 0.2) is 12.1 Å². The molecular weight excluding hydrogens is 250 g/mol. The van der Waals surface area contributed by atoms with E-state index in [0.29, 0.717) is 35.5 Å². The fourth-order valence-electron chi connectivity index (χ4n) is 2.66. The van der Waals surface area contributed by atoms with Gasteiger partial charge in [-0.1, -0.05) is 27.7 Å². The van der Waals surface area contributed by atoms with Crippen molar-refractivity contribution < 1.29 is 4.74 Å². The normalized spacial score (nSPS) is 21.1. The van der Waals surface area contributed by atoms with Crippen LogP contribution in [0, 0.1) is 11.3 Å². The van der Waals surface area contributed by atoms with Gasteiger partial charge in [-0.05, 0) is 42.7 Å². The quantitative estimate of drug-likeness (QED) is 0.861. The topological polar surface area (TPSA) is 60.2 Å². The number of hydrogen-bond acceptors (Lipinski definition) is 4. The molecule has 1 aliphatic carbocycles. The molecule has 0 bridgehead atoms. The number of pyridine rings is 1. The molecule has 0 saturated heterocycles. The van der Waals surface area contributed by atoms with E-state index < -0.39 is 0 Å². The Morgan fingerprint density at radius 3 is 2.80 bits per heavy atom. The molecule has 0 aliphatic heterocycles. The second kappa shape index (κ2) is 5.90. The van der Waals surface area contributed by atoms with Crippen LogP contribution < -0.4 is 15.8 Å². The third kappa shape index (κ3) is 4.02. The molecule has 20 heavy (non-hydrogen) atoms. The van der Waals surface area contributed by atoms with Crippen LogP contribution in [-0.4, -0.2) is 17.6 Å². The molecule has 1 heterocycles. The minimum Gasteiger partial charge on any atom is -0.476 e. The monoisotopic (exact) mass is 277 g/mol. The molecule has 4 nitrogen and oxygen atoms in total.